The lowest BCUT2D eigenvalue weighted by molar-refractivity contribution is 0.208. The minimum atomic E-state index is -0.292. The summed E-state index contributed by atoms with van der Waals surface area (Å²) >= 11 is 0. The molecule has 0 spiro atoms. The molecule has 0 bridgehead atoms. The van der Waals surface area contributed by atoms with E-state index in [4.69, 9.17) is 0 Å². The molecule has 0 amide bonds. The highest BCUT2D eigenvalue weighted by Gasteiger charge is 2.19. The Bertz CT molecular complexity index is 679. The van der Waals surface area contributed by atoms with Gasteiger partial charge in [-0.2, -0.15) is 0 Å². The van der Waals surface area contributed by atoms with E-state index in [-0.39, 0.29) is 11.2 Å². The van der Waals surface area contributed by atoms with Crippen LogP contribution in [-0.4, -0.2) is 27.7 Å². The van der Waals surface area contributed by atoms with Crippen molar-refractivity contribution < 1.29 is 5.11 Å². The van der Waals surface area contributed by atoms with Crippen molar-refractivity contribution in [3.8, 4) is 5.75 Å². The molecule has 1 aromatic carbocycles. The fraction of sp³-hybridized carbons (Fsp3) is 0.353. The molecule has 1 atom stereocenters. The normalized spacial score (nSPS) is 16.4. The summed E-state index contributed by atoms with van der Waals surface area (Å²) in [6.07, 6.45) is 1.55. The van der Waals surface area contributed by atoms with E-state index in [0.29, 0.717) is 5.92 Å². The lowest BCUT2D eigenvalue weighted by atomic mass is 10.0. The maximum Gasteiger partial charge on any atom is 0.223 e. The first-order valence-corrected chi connectivity index (χ1v) is 7.33. The van der Waals surface area contributed by atoms with Crippen molar-refractivity contribution >= 4 is 0 Å². The zero-order valence-corrected chi connectivity index (χ0v) is 12.2. The number of hydrogen-bond acceptors (Lipinski definition) is 3. The second-order valence-corrected chi connectivity index (χ2v) is 5.75. The molecule has 1 aliphatic heterocycles. The van der Waals surface area contributed by atoms with Crippen LogP contribution in [0.1, 0.15) is 24.1 Å². The van der Waals surface area contributed by atoms with E-state index < -0.39 is 0 Å². The minimum absolute atomic E-state index is 0.162. The number of aromatic hydroxyl groups is 1. The first-order valence-electron chi connectivity index (χ1n) is 7.33. The molecule has 0 radical (unpaired) electrons. The molecule has 1 aromatic heterocycles. The molecule has 3 rings (SSSR count). The first-order chi connectivity index (χ1) is 10.1. The van der Waals surface area contributed by atoms with E-state index in [1.54, 1.807) is 12.3 Å². The van der Waals surface area contributed by atoms with Crippen LogP contribution in [0.5, 0.6) is 5.75 Å². The molecule has 0 saturated carbocycles. The predicted molar refractivity (Wildman–Crippen MR) is 82.5 cm³/mol. The summed E-state index contributed by atoms with van der Waals surface area (Å²) in [5, 5.41) is 9.49. The van der Waals surface area contributed by atoms with Gasteiger partial charge in [0.05, 0.1) is 6.20 Å². The summed E-state index contributed by atoms with van der Waals surface area (Å²) in [7, 11) is 0. The SMILES string of the molecule is CC(CN1CCn2cc(O)c(=O)cc2C1)c1ccccc1. The van der Waals surface area contributed by atoms with Crippen LogP contribution in [0.15, 0.2) is 47.4 Å². The summed E-state index contributed by atoms with van der Waals surface area (Å²) in [5.74, 6) is 0.298. The van der Waals surface area contributed by atoms with Gasteiger partial charge in [0.25, 0.3) is 0 Å². The van der Waals surface area contributed by atoms with Gasteiger partial charge in [0.15, 0.2) is 5.75 Å². The Morgan fingerprint density at radius 2 is 2.00 bits per heavy atom. The summed E-state index contributed by atoms with van der Waals surface area (Å²) in [5.41, 5.74) is 2.02. The molecule has 1 N–H and O–H groups in total. The van der Waals surface area contributed by atoms with Crippen LogP contribution < -0.4 is 5.43 Å². The summed E-state index contributed by atoms with van der Waals surface area (Å²) < 4.78 is 1.97. The quantitative estimate of drug-likeness (QED) is 0.939. The highest BCUT2D eigenvalue weighted by molar-refractivity contribution is 5.22. The van der Waals surface area contributed by atoms with E-state index in [2.05, 4.69) is 36.1 Å². The van der Waals surface area contributed by atoms with Crippen molar-refractivity contribution in [1.82, 2.24) is 9.47 Å². The van der Waals surface area contributed by atoms with Crippen LogP contribution in [0.25, 0.3) is 0 Å². The number of aromatic nitrogens is 1. The van der Waals surface area contributed by atoms with E-state index in [9.17, 15) is 9.90 Å². The van der Waals surface area contributed by atoms with E-state index in [0.717, 1.165) is 31.9 Å². The molecule has 21 heavy (non-hydrogen) atoms. The third kappa shape index (κ3) is 3.00. The topological polar surface area (TPSA) is 45.5 Å². The lowest BCUT2D eigenvalue weighted by Crippen LogP contribution is -2.37. The maximum atomic E-state index is 11.6. The van der Waals surface area contributed by atoms with Crippen molar-refractivity contribution in [3.63, 3.8) is 0 Å². The van der Waals surface area contributed by atoms with Crippen molar-refractivity contribution in [2.75, 3.05) is 13.1 Å². The molecule has 0 saturated heterocycles. The van der Waals surface area contributed by atoms with Gasteiger partial charge in [0, 0.05) is 37.9 Å². The Balaban J connectivity index is 1.72. The molecular formula is C17H20N2O2. The summed E-state index contributed by atoms with van der Waals surface area (Å²) in [6, 6.07) is 12.0. The number of benzene rings is 1. The molecule has 0 aliphatic carbocycles. The van der Waals surface area contributed by atoms with E-state index in [1.165, 1.54) is 5.56 Å². The zero-order chi connectivity index (χ0) is 14.8. The van der Waals surface area contributed by atoms with Crippen LogP contribution in [0.4, 0.5) is 0 Å². The maximum absolute atomic E-state index is 11.6. The molecule has 0 fully saturated rings. The minimum Gasteiger partial charge on any atom is -0.503 e. The van der Waals surface area contributed by atoms with Crippen LogP contribution in [-0.2, 0) is 13.1 Å². The molecule has 2 aromatic rings. The molecule has 110 valence electrons. The molecular weight excluding hydrogens is 264 g/mol. The molecule has 1 aliphatic rings. The number of nitrogens with zero attached hydrogens (tertiary/aromatic N) is 2. The van der Waals surface area contributed by atoms with Crippen LogP contribution in [0, 0.1) is 0 Å². The van der Waals surface area contributed by atoms with Crippen LogP contribution >= 0.6 is 0 Å². The largest absolute Gasteiger partial charge is 0.503 e. The van der Waals surface area contributed by atoms with E-state index in [1.807, 2.05) is 10.6 Å². The Morgan fingerprint density at radius 1 is 1.24 bits per heavy atom. The van der Waals surface area contributed by atoms with Gasteiger partial charge < -0.3 is 9.67 Å². The second kappa shape index (κ2) is 5.74. The Kier molecular flexibility index (Phi) is 3.80. The molecule has 4 heteroatoms. The monoisotopic (exact) mass is 284 g/mol. The predicted octanol–water partition coefficient (Wildman–Crippen LogP) is 2.17. The Morgan fingerprint density at radius 3 is 2.76 bits per heavy atom. The number of rotatable bonds is 3. The zero-order valence-electron chi connectivity index (χ0n) is 12.2. The van der Waals surface area contributed by atoms with Gasteiger partial charge in [-0.3, -0.25) is 9.69 Å². The third-order valence-electron chi connectivity index (χ3n) is 4.14. The molecule has 4 nitrogen and oxygen atoms in total. The lowest BCUT2D eigenvalue weighted by Gasteiger charge is -2.32. The van der Waals surface area contributed by atoms with Gasteiger partial charge >= 0.3 is 0 Å². The van der Waals surface area contributed by atoms with Gasteiger partial charge in [0.2, 0.25) is 5.43 Å². The molecule has 1 unspecified atom stereocenters. The highest BCUT2D eigenvalue weighted by atomic mass is 16.3. The third-order valence-corrected chi connectivity index (χ3v) is 4.14. The average molecular weight is 284 g/mol. The van der Waals surface area contributed by atoms with Crippen molar-refractivity contribution in [3.05, 3.63) is 64.1 Å². The van der Waals surface area contributed by atoms with Crippen molar-refractivity contribution in [2.45, 2.75) is 25.9 Å². The first kappa shape index (κ1) is 13.9. The number of fused-ring (bicyclic) bond motifs is 1. The standard InChI is InChI=1S/C17H20N2O2/c1-13(14-5-3-2-4-6-14)10-18-7-8-19-12-17(21)16(20)9-15(19)11-18/h2-6,9,12-13,21H,7-8,10-11H2,1H3. The Hall–Kier alpha value is -2.07. The van der Waals surface area contributed by atoms with Crippen molar-refractivity contribution in [2.24, 2.45) is 0 Å². The second-order valence-electron chi connectivity index (χ2n) is 5.75. The summed E-state index contributed by atoms with van der Waals surface area (Å²) in [6.45, 7) is 5.71. The highest BCUT2D eigenvalue weighted by Crippen LogP contribution is 2.20. The average Bonchev–Trinajstić information content (AvgIpc) is 2.49. The molecule has 2 heterocycles. The van der Waals surface area contributed by atoms with Crippen LogP contribution in [0.3, 0.4) is 0 Å². The van der Waals surface area contributed by atoms with Gasteiger partial charge in [-0.1, -0.05) is 37.3 Å². The van der Waals surface area contributed by atoms with Gasteiger partial charge in [-0.15, -0.1) is 0 Å². The smallest absolute Gasteiger partial charge is 0.223 e. The van der Waals surface area contributed by atoms with Crippen LogP contribution in [0.2, 0.25) is 0 Å². The van der Waals surface area contributed by atoms with E-state index >= 15 is 0 Å². The number of pyridine rings is 1. The van der Waals surface area contributed by atoms with Gasteiger partial charge in [-0.25, -0.2) is 0 Å². The van der Waals surface area contributed by atoms with Gasteiger partial charge in [-0.05, 0) is 11.5 Å². The summed E-state index contributed by atoms with van der Waals surface area (Å²) in [4.78, 5) is 13.9. The number of hydrogen-bond donors (Lipinski definition) is 1. The van der Waals surface area contributed by atoms with Crippen molar-refractivity contribution in [1.29, 1.82) is 0 Å². The van der Waals surface area contributed by atoms with Gasteiger partial charge in [0.1, 0.15) is 0 Å². The fourth-order valence-electron chi connectivity index (χ4n) is 2.93. The fourth-order valence-corrected chi connectivity index (χ4v) is 2.93. The Labute approximate surface area is 124 Å².